The Morgan fingerprint density at radius 2 is 1.57 bits per heavy atom. The lowest BCUT2D eigenvalue weighted by atomic mass is 10.0. The third-order valence-electron chi connectivity index (χ3n) is 7.88. The Labute approximate surface area is 245 Å². The van der Waals surface area contributed by atoms with Gasteiger partial charge >= 0.3 is 5.69 Å². The molecule has 0 spiro atoms. The Kier molecular flexibility index (Phi) is 8.23. The van der Waals surface area contributed by atoms with Gasteiger partial charge in [-0.2, -0.15) is 0 Å². The number of likely N-dealkylation sites (tertiary alicyclic amines) is 1. The summed E-state index contributed by atoms with van der Waals surface area (Å²) in [5, 5.41) is 0. The maximum atomic E-state index is 13.4. The maximum Gasteiger partial charge on any atom is 0.326 e. The summed E-state index contributed by atoms with van der Waals surface area (Å²) in [5.74, 6) is 1.86. The van der Waals surface area contributed by atoms with E-state index in [-0.39, 0.29) is 17.6 Å². The van der Waals surface area contributed by atoms with E-state index >= 15 is 0 Å². The van der Waals surface area contributed by atoms with E-state index in [0.717, 1.165) is 35.6 Å². The molecule has 2 aromatic heterocycles. The van der Waals surface area contributed by atoms with Gasteiger partial charge in [-0.05, 0) is 67.3 Å². The third kappa shape index (κ3) is 6.19. The third-order valence-corrected chi connectivity index (χ3v) is 7.88. The smallest absolute Gasteiger partial charge is 0.326 e. The Hall–Kier alpha value is -4.56. The van der Waals surface area contributed by atoms with Crippen molar-refractivity contribution in [3.63, 3.8) is 0 Å². The average Bonchev–Trinajstić information content (AvgIpc) is 3.62. The van der Waals surface area contributed by atoms with Crippen LogP contribution in [-0.4, -0.2) is 45.0 Å². The van der Waals surface area contributed by atoms with Gasteiger partial charge in [-0.3, -0.25) is 14.3 Å². The highest BCUT2D eigenvalue weighted by Gasteiger charge is 2.28. The number of nitrogens with one attached hydrogen (secondary N) is 1. The number of piperidine rings is 1. The summed E-state index contributed by atoms with van der Waals surface area (Å²) in [4.78, 5) is 33.1. The van der Waals surface area contributed by atoms with Crippen molar-refractivity contribution in [2.45, 2.75) is 45.4 Å². The molecule has 1 saturated heterocycles. The number of fused-ring (bicyclic) bond motifs is 1. The summed E-state index contributed by atoms with van der Waals surface area (Å²) in [6.45, 7) is 5.81. The molecule has 0 atom stereocenters. The summed E-state index contributed by atoms with van der Waals surface area (Å²) in [7, 11) is 0. The van der Waals surface area contributed by atoms with Gasteiger partial charge in [0.2, 0.25) is 0 Å². The lowest BCUT2D eigenvalue weighted by molar-refractivity contribution is 0.0658. The number of carbonyl (C=O) groups excluding carboxylic acids is 1. The van der Waals surface area contributed by atoms with Gasteiger partial charge in [-0.15, -0.1) is 0 Å². The van der Waals surface area contributed by atoms with E-state index in [0.29, 0.717) is 44.8 Å². The van der Waals surface area contributed by atoms with Crippen LogP contribution < -0.4 is 10.4 Å². The van der Waals surface area contributed by atoms with Gasteiger partial charge in [0.15, 0.2) is 5.76 Å². The normalized spacial score (nSPS) is 14.1. The van der Waals surface area contributed by atoms with Crippen molar-refractivity contribution in [3.8, 4) is 5.75 Å². The monoisotopic (exact) mass is 564 g/mol. The zero-order valence-corrected chi connectivity index (χ0v) is 23.9. The first-order valence-corrected chi connectivity index (χ1v) is 14.6. The number of imidazole rings is 1. The van der Waals surface area contributed by atoms with Crippen molar-refractivity contribution >= 4 is 16.9 Å². The molecule has 0 unspecified atom stereocenters. The molecule has 0 radical (unpaired) electrons. The number of hydrogen-bond acceptors (Lipinski definition) is 5. The molecule has 0 aliphatic carbocycles. The number of rotatable bonds is 10. The van der Waals surface area contributed by atoms with Crippen molar-refractivity contribution in [2.24, 2.45) is 0 Å². The number of aromatic nitrogens is 2. The van der Waals surface area contributed by atoms with Crippen LogP contribution in [0.3, 0.4) is 0 Å². The minimum absolute atomic E-state index is 0.0546. The van der Waals surface area contributed by atoms with Crippen LogP contribution in [-0.2, 0) is 19.6 Å². The zero-order chi connectivity index (χ0) is 28.9. The molecule has 216 valence electrons. The fourth-order valence-corrected chi connectivity index (χ4v) is 5.84. The first-order valence-electron chi connectivity index (χ1n) is 14.6. The van der Waals surface area contributed by atoms with E-state index in [1.165, 1.54) is 11.1 Å². The van der Waals surface area contributed by atoms with Crippen LogP contribution in [0.5, 0.6) is 5.75 Å². The number of carbonyl (C=O) groups is 1. The molecule has 1 aliphatic heterocycles. The van der Waals surface area contributed by atoms with E-state index in [9.17, 15) is 9.59 Å². The van der Waals surface area contributed by atoms with E-state index in [2.05, 4.69) is 34.1 Å². The van der Waals surface area contributed by atoms with Crippen molar-refractivity contribution in [1.82, 2.24) is 19.4 Å². The summed E-state index contributed by atoms with van der Waals surface area (Å²) in [6, 6.07) is 30.0. The van der Waals surface area contributed by atoms with Crippen molar-refractivity contribution in [3.05, 3.63) is 124 Å². The van der Waals surface area contributed by atoms with Gasteiger partial charge in [0.1, 0.15) is 11.5 Å². The molecule has 3 aromatic carbocycles. The number of hydrogen-bond donors (Lipinski definition) is 1. The van der Waals surface area contributed by atoms with Crippen LogP contribution in [0.4, 0.5) is 0 Å². The number of benzene rings is 3. The number of amides is 1. The van der Waals surface area contributed by atoms with Crippen molar-refractivity contribution < 1.29 is 13.9 Å². The van der Waals surface area contributed by atoms with E-state index in [4.69, 9.17) is 9.15 Å². The topological polar surface area (TPSA) is 83.7 Å². The minimum Gasteiger partial charge on any atom is -0.494 e. The first kappa shape index (κ1) is 27.6. The highest BCUT2D eigenvalue weighted by Crippen LogP contribution is 2.26. The van der Waals surface area contributed by atoms with Crippen LogP contribution in [0.2, 0.25) is 0 Å². The second-order valence-electron chi connectivity index (χ2n) is 10.8. The molecule has 0 saturated carbocycles. The molecule has 8 nitrogen and oxygen atoms in total. The minimum atomic E-state index is -0.105. The highest BCUT2D eigenvalue weighted by molar-refractivity contribution is 5.91. The van der Waals surface area contributed by atoms with Crippen molar-refractivity contribution in [2.75, 3.05) is 19.7 Å². The molecule has 3 heterocycles. The quantitative estimate of drug-likeness (QED) is 0.225. The predicted octanol–water partition coefficient (Wildman–Crippen LogP) is 6.00. The Morgan fingerprint density at radius 3 is 2.31 bits per heavy atom. The Balaban J connectivity index is 1.11. The SMILES string of the molecule is CCOc1ccc(CN(Cc2ccccc2)Cc2ccc(C(=O)N3CCC(n4c(=O)[nH]c5ccccc54)CC3)o2)cc1. The van der Waals surface area contributed by atoms with Gasteiger partial charge in [0.25, 0.3) is 5.91 Å². The summed E-state index contributed by atoms with van der Waals surface area (Å²) < 4.78 is 13.6. The number of nitrogens with zero attached hydrogens (tertiary/aromatic N) is 3. The standard InChI is InChI=1S/C34H36N4O4/c1-2-41-28-14-12-26(13-15-28)23-36(22-25-8-4-3-5-9-25)24-29-16-17-32(42-29)33(39)37-20-18-27(19-21-37)38-31-11-7-6-10-30(31)35-34(38)40/h3-17,27H,2,18-24H2,1H3,(H,35,40). The van der Waals surface area contributed by atoms with Crippen LogP contribution in [0, 0.1) is 0 Å². The highest BCUT2D eigenvalue weighted by atomic mass is 16.5. The number of ether oxygens (including phenoxy) is 1. The molecule has 1 aliphatic rings. The molecule has 5 aromatic rings. The largest absolute Gasteiger partial charge is 0.494 e. The van der Waals surface area contributed by atoms with Crippen LogP contribution >= 0.6 is 0 Å². The van der Waals surface area contributed by atoms with Gasteiger partial charge in [0.05, 0.1) is 24.2 Å². The second kappa shape index (κ2) is 12.5. The molecule has 1 amide bonds. The second-order valence-corrected chi connectivity index (χ2v) is 10.8. The first-order chi connectivity index (χ1) is 20.6. The Bertz CT molecular complexity index is 1680. The molecular formula is C34H36N4O4. The average molecular weight is 565 g/mol. The van der Waals surface area contributed by atoms with Gasteiger partial charge < -0.3 is 19.0 Å². The molecule has 1 fully saturated rings. The molecule has 6 rings (SSSR count). The van der Waals surface area contributed by atoms with Gasteiger partial charge in [-0.25, -0.2) is 4.79 Å². The van der Waals surface area contributed by atoms with E-state index in [1.54, 1.807) is 6.07 Å². The van der Waals surface area contributed by atoms with Crippen LogP contribution in [0.15, 0.2) is 100 Å². The van der Waals surface area contributed by atoms with E-state index < -0.39 is 0 Å². The fraction of sp³-hybridized carbons (Fsp3) is 0.294. The van der Waals surface area contributed by atoms with Crippen LogP contribution in [0.25, 0.3) is 11.0 Å². The van der Waals surface area contributed by atoms with Crippen LogP contribution in [0.1, 0.15) is 53.2 Å². The van der Waals surface area contributed by atoms with Gasteiger partial charge in [0, 0.05) is 32.2 Å². The number of furan rings is 1. The Morgan fingerprint density at radius 1 is 0.881 bits per heavy atom. The molecule has 8 heteroatoms. The summed E-state index contributed by atoms with van der Waals surface area (Å²) >= 11 is 0. The number of para-hydroxylation sites is 2. The molecule has 42 heavy (non-hydrogen) atoms. The number of aromatic amines is 1. The molecule has 1 N–H and O–H groups in total. The summed E-state index contributed by atoms with van der Waals surface area (Å²) in [6.07, 6.45) is 1.43. The predicted molar refractivity (Wildman–Crippen MR) is 162 cm³/mol. The number of H-pyrrole nitrogens is 1. The molecule has 0 bridgehead atoms. The maximum absolute atomic E-state index is 13.4. The molecular weight excluding hydrogens is 528 g/mol. The van der Waals surface area contributed by atoms with Gasteiger partial charge in [-0.1, -0.05) is 54.6 Å². The van der Waals surface area contributed by atoms with Crippen molar-refractivity contribution in [1.29, 1.82) is 0 Å². The lowest BCUT2D eigenvalue weighted by Crippen LogP contribution is -2.40. The lowest BCUT2D eigenvalue weighted by Gasteiger charge is -2.32. The fourth-order valence-electron chi connectivity index (χ4n) is 5.84. The van der Waals surface area contributed by atoms with E-state index in [1.807, 2.05) is 77.1 Å². The summed E-state index contributed by atoms with van der Waals surface area (Å²) in [5.41, 5.74) is 4.04. The zero-order valence-electron chi connectivity index (χ0n) is 23.9.